The first kappa shape index (κ1) is 8.94. The molecule has 1 aromatic rings. The summed E-state index contributed by atoms with van der Waals surface area (Å²) in [7, 11) is 2.66. The normalized spacial score (nSPS) is 8.22. The zero-order chi connectivity index (χ0) is 5.98. The van der Waals surface area contributed by atoms with Crippen molar-refractivity contribution >= 4 is 27.0 Å². The highest BCUT2D eigenvalue weighted by Crippen LogP contribution is 1.95. The van der Waals surface area contributed by atoms with Gasteiger partial charge in [0.25, 0.3) is 0 Å². The fourth-order valence-corrected chi connectivity index (χ4v) is 1.04. The molecular formula is C7H10ClP. The predicted molar refractivity (Wildman–Crippen MR) is 47.8 cm³/mol. The fraction of sp³-hybridized carbons (Fsp3) is 0.143. The van der Waals surface area contributed by atoms with Crippen molar-refractivity contribution in [1.82, 2.24) is 0 Å². The van der Waals surface area contributed by atoms with Crippen LogP contribution in [-0.2, 0) is 0 Å². The van der Waals surface area contributed by atoms with Gasteiger partial charge in [-0.2, -0.15) is 0 Å². The summed E-state index contributed by atoms with van der Waals surface area (Å²) in [6, 6.07) is 8.34. The van der Waals surface area contributed by atoms with E-state index in [2.05, 4.69) is 40.4 Å². The third-order valence-electron chi connectivity index (χ3n) is 1.04. The Morgan fingerprint density at radius 2 is 2.00 bits per heavy atom. The van der Waals surface area contributed by atoms with Gasteiger partial charge in [-0.1, -0.05) is 29.8 Å². The second-order valence-corrected chi connectivity index (χ2v) is 2.58. The number of benzene rings is 1. The molecule has 2 heteroatoms. The maximum atomic E-state index is 2.66. The Kier molecular flexibility index (Phi) is 3.84. The molecule has 0 heterocycles. The second-order valence-electron chi connectivity index (χ2n) is 1.91. The summed E-state index contributed by atoms with van der Waals surface area (Å²) in [6.07, 6.45) is 0. The minimum atomic E-state index is 0. The van der Waals surface area contributed by atoms with Gasteiger partial charge in [-0.25, -0.2) is 0 Å². The molecule has 0 N–H and O–H groups in total. The first-order valence-electron chi connectivity index (χ1n) is 2.61. The standard InChI is InChI=1S/C7H9P.ClH/c1-6-3-2-4-7(8)5-6;/h2-5H,8H2,1H3;1H. The van der Waals surface area contributed by atoms with E-state index < -0.39 is 0 Å². The van der Waals surface area contributed by atoms with Crippen molar-refractivity contribution in [1.29, 1.82) is 0 Å². The lowest BCUT2D eigenvalue weighted by Crippen LogP contribution is -1.87. The van der Waals surface area contributed by atoms with Crippen LogP contribution in [0.15, 0.2) is 24.3 Å². The molecule has 0 spiro atoms. The second kappa shape index (κ2) is 3.87. The molecule has 0 aromatic heterocycles. The molecule has 1 aromatic carbocycles. The molecular weight excluding hydrogens is 151 g/mol. The molecule has 0 saturated carbocycles. The SMILES string of the molecule is Cc1cccc(P)c1.Cl. The summed E-state index contributed by atoms with van der Waals surface area (Å²) in [5, 5.41) is 1.25. The lowest BCUT2D eigenvalue weighted by atomic mass is 10.2. The van der Waals surface area contributed by atoms with E-state index in [4.69, 9.17) is 0 Å². The van der Waals surface area contributed by atoms with Gasteiger partial charge in [-0.15, -0.1) is 21.6 Å². The maximum Gasteiger partial charge on any atom is -0.0300 e. The van der Waals surface area contributed by atoms with Crippen LogP contribution >= 0.6 is 21.6 Å². The first-order chi connectivity index (χ1) is 3.79. The molecule has 0 aliphatic heterocycles. The smallest absolute Gasteiger partial charge is 0.0300 e. The van der Waals surface area contributed by atoms with Gasteiger partial charge in [-0.3, -0.25) is 0 Å². The van der Waals surface area contributed by atoms with Crippen molar-refractivity contribution < 1.29 is 0 Å². The van der Waals surface area contributed by atoms with Gasteiger partial charge in [0.2, 0.25) is 0 Å². The van der Waals surface area contributed by atoms with Crippen molar-refractivity contribution in [3.63, 3.8) is 0 Å². The Labute approximate surface area is 64.3 Å². The monoisotopic (exact) mass is 160 g/mol. The Bertz CT molecular complexity index is 169. The van der Waals surface area contributed by atoms with Crippen molar-refractivity contribution in [3.05, 3.63) is 29.8 Å². The molecule has 1 unspecified atom stereocenters. The minimum absolute atomic E-state index is 0. The summed E-state index contributed by atoms with van der Waals surface area (Å²) in [5.74, 6) is 0. The van der Waals surface area contributed by atoms with E-state index in [0.717, 1.165) is 0 Å². The van der Waals surface area contributed by atoms with E-state index >= 15 is 0 Å². The van der Waals surface area contributed by atoms with Crippen LogP contribution in [0.25, 0.3) is 0 Å². The van der Waals surface area contributed by atoms with Gasteiger partial charge in [0.05, 0.1) is 0 Å². The third-order valence-corrected chi connectivity index (χ3v) is 1.40. The molecule has 0 fully saturated rings. The zero-order valence-corrected chi connectivity index (χ0v) is 7.27. The topological polar surface area (TPSA) is 0 Å². The number of aryl methyl sites for hydroxylation is 1. The highest BCUT2D eigenvalue weighted by Gasteiger charge is 1.80. The summed E-state index contributed by atoms with van der Waals surface area (Å²) in [4.78, 5) is 0. The van der Waals surface area contributed by atoms with Crippen LogP contribution < -0.4 is 5.30 Å². The van der Waals surface area contributed by atoms with Gasteiger partial charge in [0, 0.05) is 0 Å². The Hall–Kier alpha value is -0.0600. The Balaban J connectivity index is 0.000000640. The maximum absolute atomic E-state index is 2.66. The van der Waals surface area contributed by atoms with Gasteiger partial charge in [-0.05, 0) is 12.2 Å². The zero-order valence-electron chi connectivity index (χ0n) is 5.29. The van der Waals surface area contributed by atoms with Crippen molar-refractivity contribution in [2.75, 3.05) is 0 Å². The van der Waals surface area contributed by atoms with Gasteiger partial charge in [0.15, 0.2) is 0 Å². The third kappa shape index (κ3) is 2.84. The van der Waals surface area contributed by atoms with E-state index in [1.807, 2.05) is 0 Å². The van der Waals surface area contributed by atoms with Crippen LogP contribution in [0.1, 0.15) is 5.56 Å². The molecule has 50 valence electrons. The van der Waals surface area contributed by atoms with Gasteiger partial charge >= 0.3 is 0 Å². The van der Waals surface area contributed by atoms with E-state index in [9.17, 15) is 0 Å². The summed E-state index contributed by atoms with van der Waals surface area (Å²) in [5.41, 5.74) is 1.32. The highest BCUT2D eigenvalue weighted by atomic mass is 35.5. The average Bonchev–Trinajstić information content (AvgIpc) is 1.64. The van der Waals surface area contributed by atoms with Crippen LogP contribution in [0.3, 0.4) is 0 Å². The van der Waals surface area contributed by atoms with E-state index in [-0.39, 0.29) is 12.4 Å². The number of halogens is 1. The summed E-state index contributed by atoms with van der Waals surface area (Å²) < 4.78 is 0. The van der Waals surface area contributed by atoms with Crippen molar-refractivity contribution in [2.45, 2.75) is 6.92 Å². The lowest BCUT2D eigenvalue weighted by molar-refractivity contribution is 1.50. The lowest BCUT2D eigenvalue weighted by Gasteiger charge is -1.90. The number of hydrogen-bond acceptors (Lipinski definition) is 0. The quantitative estimate of drug-likeness (QED) is 0.509. The molecule has 0 nitrogen and oxygen atoms in total. The van der Waals surface area contributed by atoms with E-state index in [1.54, 1.807) is 0 Å². The predicted octanol–water partition coefficient (Wildman–Crippen LogP) is 1.92. The molecule has 0 bridgehead atoms. The van der Waals surface area contributed by atoms with Crippen LogP contribution in [0, 0.1) is 6.92 Å². The van der Waals surface area contributed by atoms with Crippen LogP contribution in [0.2, 0.25) is 0 Å². The summed E-state index contributed by atoms with van der Waals surface area (Å²) >= 11 is 0. The molecule has 0 saturated heterocycles. The Morgan fingerprint density at radius 3 is 2.33 bits per heavy atom. The summed E-state index contributed by atoms with van der Waals surface area (Å²) in [6.45, 7) is 2.09. The van der Waals surface area contributed by atoms with Crippen LogP contribution in [0.4, 0.5) is 0 Å². The average molecular weight is 161 g/mol. The van der Waals surface area contributed by atoms with Gasteiger partial charge < -0.3 is 0 Å². The molecule has 0 amide bonds. The largest absolute Gasteiger partial charge is 0.147 e. The molecule has 0 aliphatic carbocycles. The van der Waals surface area contributed by atoms with Crippen molar-refractivity contribution in [2.24, 2.45) is 0 Å². The minimum Gasteiger partial charge on any atom is -0.147 e. The fourth-order valence-electron chi connectivity index (χ4n) is 0.670. The molecule has 1 atom stereocenters. The molecule has 9 heavy (non-hydrogen) atoms. The molecule has 0 radical (unpaired) electrons. The number of hydrogen-bond donors (Lipinski definition) is 0. The molecule has 0 aliphatic rings. The first-order valence-corrected chi connectivity index (χ1v) is 3.19. The van der Waals surface area contributed by atoms with E-state index in [0.29, 0.717) is 0 Å². The van der Waals surface area contributed by atoms with E-state index in [1.165, 1.54) is 10.9 Å². The van der Waals surface area contributed by atoms with Crippen LogP contribution in [-0.4, -0.2) is 0 Å². The van der Waals surface area contributed by atoms with Crippen molar-refractivity contribution in [3.8, 4) is 0 Å². The van der Waals surface area contributed by atoms with Gasteiger partial charge in [0.1, 0.15) is 0 Å². The molecule has 1 rings (SSSR count). The highest BCUT2D eigenvalue weighted by molar-refractivity contribution is 7.27. The number of rotatable bonds is 0. The van der Waals surface area contributed by atoms with Crippen LogP contribution in [0.5, 0.6) is 0 Å². The Morgan fingerprint density at radius 1 is 1.33 bits per heavy atom.